The molecule has 2 fully saturated rings. The first-order valence-corrected chi connectivity index (χ1v) is 11.3. The highest BCUT2D eigenvalue weighted by atomic mass is 35.5. The van der Waals surface area contributed by atoms with Gasteiger partial charge in [-0.15, -0.1) is 24.8 Å². The van der Waals surface area contributed by atoms with E-state index in [0.717, 1.165) is 58.4 Å². The molecule has 3 nitrogen and oxygen atoms in total. The standard InChI is InChI=1S/C26H36N2O.2ClH/c1-21-6-8-22(9-7-21)23-10-12-24(13-11-23)25(26(29)14-4-3-5-15-26)20-28-18-16-27(2)17-19-28;;/h6-13,25,29H,3-5,14-20H2,1-2H3;2*1H. The van der Waals surface area contributed by atoms with Crippen LogP contribution in [0.3, 0.4) is 0 Å². The van der Waals surface area contributed by atoms with E-state index in [4.69, 9.17) is 0 Å². The van der Waals surface area contributed by atoms with E-state index >= 15 is 0 Å². The molecule has 2 aliphatic rings. The normalized spacial score (nSPS) is 20.4. The average Bonchev–Trinajstić information content (AvgIpc) is 2.74. The minimum Gasteiger partial charge on any atom is -0.389 e. The number of halogens is 2. The van der Waals surface area contributed by atoms with Crippen molar-refractivity contribution in [1.29, 1.82) is 0 Å². The van der Waals surface area contributed by atoms with E-state index in [1.165, 1.54) is 28.7 Å². The molecule has 1 N–H and O–H groups in total. The van der Waals surface area contributed by atoms with Crippen LogP contribution >= 0.6 is 24.8 Å². The number of benzene rings is 2. The molecule has 4 rings (SSSR count). The van der Waals surface area contributed by atoms with Crippen LogP contribution < -0.4 is 0 Å². The van der Waals surface area contributed by atoms with Gasteiger partial charge in [0.1, 0.15) is 0 Å². The molecule has 1 aliphatic heterocycles. The van der Waals surface area contributed by atoms with Gasteiger partial charge in [0.15, 0.2) is 0 Å². The van der Waals surface area contributed by atoms with Gasteiger partial charge >= 0.3 is 0 Å². The molecule has 0 spiro atoms. The Bertz CT molecular complexity index is 780. The van der Waals surface area contributed by atoms with E-state index in [-0.39, 0.29) is 30.7 Å². The van der Waals surface area contributed by atoms with Crippen LogP contribution in [0.4, 0.5) is 0 Å². The summed E-state index contributed by atoms with van der Waals surface area (Å²) in [6.07, 6.45) is 5.43. The maximum Gasteiger partial charge on any atom is 0.0728 e. The molecule has 1 saturated heterocycles. The van der Waals surface area contributed by atoms with Crippen LogP contribution in [0.2, 0.25) is 0 Å². The van der Waals surface area contributed by atoms with Crippen LogP contribution in [0.15, 0.2) is 48.5 Å². The lowest BCUT2D eigenvalue weighted by atomic mass is 9.72. The first-order chi connectivity index (χ1) is 14.0. The molecule has 1 atom stereocenters. The molecule has 1 unspecified atom stereocenters. The van der Waals surface area contributed by atoms with Gasteiger partial charge in [-0.05, 0) is 43.5 Å². The molecular weight excluding hydrogens is 427 g/mol. The van der Waals surface area contributed by atoms with Crippen LogP contribution in [-0.4, -0.2) is 60.3 Å². The van der Waals surface area contributed by atoms with Crippen molar-refractivity contribution in [3.63, 3.8) is 0 Å². The fourth-order valence-corrected chi connectivity index (χ4v) is 5.04. The minimum atomic E-state index is -0.563. The summed E-state index contributed by atoms with van der Waals surface area (Å²) < 4.78 is 0. The van der Waals surface area contributed by atoms with Crippen LogP contribution in [0, 0.1) is 6.92 Å². The van der Waals surface area contributed by atoms with E-state index in [9.17, 15) is 5.11 Å². The SMILES string of the molecule is Cc1ccc(-c2ccc(C(CN3CCN(C)CC3)C3(O)CCCCC3)cc2)cc1.Cl.Cl. The van der Waals surface area contributed by atoms with Crippen LogP contribution in [0.25, 0.3) is 11.1 Å². The van der Waals surface area contributed by atoms with E-state index in [0.29, 0.717) is 0 Å². The Labute approximate surface area is 200 Å². The maximum absolute atomic E-state index is 11.6. The highest BCUT2D eigenvalue weighted by Gasteiger charge is 2.39. The Balaban J connectivity index is 0.00000171. The van der Waals surface area contributed by atoms with Crippen molar-refractivity contribution in [2.75, 3.05) is 39.8 Å². The maximum atomic E-state index is 11.6. The van der Waals surface area contributed by atoms with Gasteiger partial charge in [0.2, 0.25) is 0 Å². The third-order valence-electron chi connectivity index (χ3n) is 7.10. The second kappa shape index (κ2) is 11.7. The second-order valence-electron chi connectivity index (χ2n) is 9.31. The highest BCUT2D eigenvalue weighted by molar-refractivity contribution is 5.85. The van der Waals surface area contributed by atoms with Gasteiger partial charge in [-0.25, -0.2) is 0 Å². The Morgan fingerprint density at radius 1 is 0.806 bits per heavy atom. The molecular formula is C26H38Cl2N2O. The predicted molar refractivity (Wildman–Crippen MR) is 136 cm³/mol. The zero-order chi connectivity index (χ0) is 20.3. The van der Waals surface area contributed by atoms with Crippen molar-refractivity contribution in [3.05, 3.63) is 59.7 Å². The topological polar surface area (TPSA) is 26.7 Å². The fraction of sp³-hybridized carbons (Fsp3) is 0.538. The quantitative estimate of drug-likeness (QED) is 0.629. The van der Waals surface area contributed by atoms with Crippen LogP contribution in [-0.2, 0) is 0 Å². The van der Waals surface area contributed by atoms with Crippen molar-refractivity contribution in [2.45, 2.75) is 50.5 Å². The Kier molecular flexibility index (Phi) is 9.85. The second-order valence-corrected chi connectivity index (χ2v) is 9.31. The zero-order valence-electron chi connectivity index (χ0n) is 18.9. The molecule has 1 heterocycles. The monoisotopic (exact) mass is 464 g/mol. The summed E-state index contributed by atoms with van der Waals surface area (Å²) in [5.74, 6) is 0.193. The fourth-order valence-electron chi connectivity index (χ4n) is 5.04. The summed E-state index contributed by atoms with van der Waals surface area (Å²) in [5, 5.41) is 11.6. The summed E-state index contributed by atoms with van der Waals surface area (Å²) in [4.78, 5) is 4.96. The number of hydrogen-bond acceptors (Lipinski definition) is 3. The summed E-state index contributed by atoms with van der Waals surface area (Å²) in [6, 6.07) is 17.7. The minimum absolute atomic E-state index is 0. The lowest BCUT2D eigenvalue weighted by Gasteiger charge is -2.43. The molecule has 5 heteroatoms. The molecule has 2 aromatic carbocycles. The third-order valence-corrected chi connectivity index (χ3v) is 7.10. The number of rotatable bonds is 5. The van der Waals surface area contributed by atoms with Crippen molar-refractivity contribution >= 4 is 24.8 Å². The van der Waals surface area contributed by atoms with Crippen LogP contribution in [0.5, 0.6) is 0 Å². The number of nitrogens with zero attached hydrogens (tertiary/aromatic N) is 2. The number of aryl methyl sites for hydroxylation is 1. The molecule has 0 amide bonds. The van der Waals surface area contributed by atoms with Crippen molar-refractivity contribution in [1.82, 2.24) is 9.80 Å². The number of piperazine rings is 1. The first-order valence-electron chi connectivity index (χ1n) is 11.3. The number of likely N-dealkylation sites (N-methyl/N-ethyl adjacent to an activating group) is 1. The Morgan fingerprint density at radius 3 is 1.87 bits per heavy atom. The first kappa shape index (κ1) is 26.2. The van der Waals surface area contributed by atoms with E-state index < -0.39 is 5.60 Å². The highest BCUT2D eigenvalue weighted by Crippen LogP contribution is 2.41. The van der Waals surface area contributed by atoms with E-state index in [1.54, 1.807) is 0 Å². The van der Waals surface area contributed by atoms with Crippen molar-refractivity contribution in [3.8, 4) is 11.1 Å². The Morgan fingerprint density at radius 2 is 1.32 bits per heavy atom. The third kappa shape index (κ3) is 6.46. The molecule has 0 radical (unpaired) electrons. The van der Waals surface area contributed by atoms with E-state index in [2.05, 4.69) is 72.3 Å². The summed E-state index contributed by atoms with van der Waals surface area (Å²) in [7, 11) is 2.20. The van der Waals surface area contributed by atoms with Gasteiger partial charge in [-0.2, -0.15) is 0 Å². The molecule has 2 aromatic rings. The van der Waals surface area contributed by atoms with Gasteiger partial charge in [0, 0.05) is 38.6 Å². The van der Waals surface area contributed by atoms with Gasteiger partial charge in [-0.1, -0.05) is 73.4 Å². The van der Waals surface area contributed by atoms with E-state index in [1.807, 2.05) is 0 Å². The largest absolute Gasteiger partial charge is 0.389 e. The number of hydrogen-bond donors (Lipinski definition) is 1. The zero-order valence-corrected chi connectivity index (χ0v) is 20.6. The van der Waals surface area contributed by atoms with Gasteiger partial charge in [0.05, 0.1) is 5.60 Å². The molecule has 1 saturated carbocycles. The molecule has 1 aliphatic carbocycles. The smallest absolute Gasteiger partial charge is 0.0728 e. The van der Waals surface area contributed by atoms with Crippen molar-refractivity contribution in [2.24, 2.45) is 0 Å². The molecule has 0 bridgehead atoms. The van der Waals surface area contributed by atoms with Crippen LogP contribution in [0.1, 0.15) is 49.1 Å². The molecule has 172 valence electrons. The molecule has 31 heavy (non-hydrogen) atoms. The summed E-state index contributed by atoms with van der Waals surface area (Å²) >= 11 is 0. The summed E-state index contributed by atoms with van der Waals surface area (Å²) in [5.41, 5.74) is 4.53. The Hall–Kier alpha value is -1.10. The lowest BCUT2D eigenvalue weighted by molar-refractivity contribution is -0.0337. The van der Waals surface area contributed by atoms with Crippen molar-refractivity contribution < 1.29 is 5.11 Å². The van der Waals surface area contributed by atoms with Gasteiger partial charge < -0.3 is 14.9 Å². The molecule has 0 aromatic heterocycles. The predicted octanol–water partition coefficient (Wildman–Crippen LogP) is 5.53. The van der Waals surface area contributed by atoms with Gasteiger partial charge in [-0.3, -0.25) is 0 Å². The number of aliphatic hydroxyl groups is 1. The summed E-state index contributed by atoms with van der Waals surface area (Å²) in [6.45, 7) is 7.54. The van der Waals surface area contributed by atoms with Gasteiger partial charge in [0.25, 0.3) is 0 Å². The lowest BCUT2D eigenvalue weighted by Crippen LogP contribution is -2.50. The average molecular weight is 466 g/mol.